The van der Waals surface area contributed by atoms with Crippen LogP contribution in [-0.2, 0) is 6.54 Å². The Morgan fingerprint density at radius 1 is 1.24 bits per heavy atom. The molecule has 0 amide bonds. The molecule has 0 saturated carbocycles. The zero-order chi connectivity index (χ0) is 12.3. The molecule has 0 radical (unpaired) electrons. The second-order valence-electron chi connectivity index (χ2n) is 3.82. The molecule has 2 aromatic rings. The predicted octanol–water partition coefficient (Wildman–Crippen LogP) is 3.24. The number of aryl methyl sites for hydroxylation is 1. The van der Waals surface area contributed by atoms with Crippen LogP contribution in [0.5, 0.6) is 0 Å². The topological polar surface area (TPSA) is 50.9 Å². The Morgan fingerprint density at radius 3 is 2.71 bits per heavy atom. The van der Waals surface area contributed by atoms with Gasteiger partial charge < -0.3 is 11.1 Å². The monoisotopic (exact) mass is 247 g/mol. The molecule has 1 aromatic heterocycles. The summed E-state index contributed by atoms with van der Waals surface area (Å²) < 4.78 is 0. The third-order valence-electron chi connectivity index (χ3n) is 2.58. The SMILES string of the molecule is Cc1nc(Cl)ccc1NCc1ccccc1N. The molecule has 0 bridgehead atoms. The third kappa shape index (κ3) is 2.88. The van der Waals surface area contributed by atoms with Crippen molar-refractivity contribution in [2.75, 3.05) is 11.1 Å². The zero-order valence-corrected chi connectivity index (χ0v) is 10.3. The van der Waals surface area contributed by atoms with E-state index in [0.29, 0.717) is 11.7 Å². The Balaban J connectivity index is 2.10. The molecule has 0 aliphatic carbocycles. The van der Waals surface area contributed by atoms with Crippen LogP contribution in [0.3, 0.4) is 0 Å². The average molecular weight is 248 g/mol. The number of aromatic nitrogens is 1. The van der Waals surface area contributed by atoms with Crippen molar-refractivity contribution in [1.29, 1.82) is 0 Å². The van der Waals surface area contributed by atoms with Crippen molar-refractivity contribution in [2.45, 2.75) is 13.5 Å². The van der Waals surface area contributed by atoms with E-state index in [1.165, 1.54) is 0 Å². The van der Waals surface area contributed by atoms with Gasteiger partial charge in [-0.15, -0.1) is 0 Å². The minimum absolute atomic E-state index is 0.507. The molecule has 0 aliphatic heterocycles. The highest BCUT2D eigenvalue weighted by atomic mass is 35.5. The summed E-state index contributed by atoms with van der Waals surface area (Å²) in [6, 6.07) is 11.5. The highest BCUT2D eigenvalue weighted by molar-refractivity contribution is 6.29. The van der Waals surface area contributed by atoms with Crippen molar-refractivity contribution in [3.63, 3.8) is 0 Å². The van der Waals surface area contributed by atoms with Crippen LogP contribution in [0, 0.1) is 6.92 Å². The molecule has 1 heterocycles. The summed E-state index contributed by atoms with van der Waals surface area (Å²) in [7, 11) is 0. The van der Waals surface area contributed by atoms with Gasteiger partial charge in [0.25, 0.3) is 0 Å². The Kier molecular flexibility index (Phi) is 3.49. The molecule has 3 N–H and O–H groups in total. The fourth-order valence-corrected chi connectivity index (χ4v) is 1.79. The maximum atomic E-state index is 5.87. The van der Waals surface area contributed by atoms with Crippen LogP contribution >= 0.6 is 11.6 Å². The Bertz CT molecular complexity index is 526. The van der Waals surface area contributed by atoms with E-state index in [0.717, 1.165) is 22.6 Å². The first-order chi connectivity index (χ1) is 8.16. The molecular formula is C13H14ClN3. The number of pyridine rings is 1. The fraction of sp³-hybridized carbons (Fsp3) is 0.154. The first kappa shape index (κ1) is 11.7. The number of nitrogens with two attached hydrogens (primary N) is 1. The molecule has 0 fully saturated rings. The van der Waals surface area contributed by atoms with E-state index >= 15 is 0 Å². The third-order valence-corrected chi connectivity index (χ3v) is 2.79. The van der Waals surface area contributed by atoms with Crippen molar-refractivity contribution in [3.05, 3.63) is 52.8 Å². The van der Waals surface area contributed by atoms with Crippen molar-refractivity contribution in [3.8, 4) is 0 Å². The van der Waals surface area contributed by atoms with E-state index in [1.54, 1.807) is 6.07 Å². The second-order valence-corrected chi connectivity index (χ2v) is 4.21. The van der Waals surface area contributed by atoms with Gasteiger partial charge in [0.05, 0.1) is 11.4 Å². The molecule has 88 valence electrons. The molecule has 0 spiro atoms. The number of benzene rings is 1. The summed E-state index contributed by atoms with van der Waals surface area (Å²) in [5, 5.41) is 3.80. The summed E-state index contributed by atoms with van der Waals surface area (Å²) in [6.45, 7) is 2.60. The smallest absolute Gasteiger partial charge is 0.129 e. The summed E-state index contributed by atoms with van der Waals surface area (Å²) in [6.07, 6.45) is 0. The Hall–Kier alpha value is -1.74. The quantitative estimate of drug-likeness (QED) is 0.647. The van der Waals surface area contributed by atoms with Gasteiger partial charge in [0, 0.05) is 12.2 Å². The first-order valence-electron chi connectivity index (χ1n) is 5.37. The van der Waals surface area contributed by atoms with E-state index < -0.39 is 0 Å². The molecule has 0 atom stereocenters. The second kappa shape index (κ2) is 5.06. The molecular weight excluding hydrogens is 234 g/mol. The lowest BCUT2D eigenvalue weighted by atomic mass is 10.2. The summed E-state index contributed by atoms with van der Waals surface area (Å²) in [5.74, 6) is 0. The van der Waals surface area contributed by atoms with Gasteiger partial charge in [0.2, 0.25) is 0 Å². The van der Waals surface area contributed by atoms with Gasteiger partial charge >= 0.3 is 0 Å². The molecule has 0 unspecified atom stereocenters. The number of para-hydroxylation sites is 1. The number of nitrogens with zero attached hydrogens (tertiary/aromatic N) is 1. The van der Waals surface area contributed by atoms with E-state index in [9.17, 15) is 0 Å². The minimum atomic E-state index is 0.507. The molecule has 3 nitrogen and oxygen atoms in total. The van der Waals surface area contributed by atoms with E-state index in [2.05, 4.69) is 10.3 Å². The lowest BCUT2D eigenvalue weighted by Gasteiger charge is -2.10. The highest BCUT2D eigenvalue weighted by Gasteiger charge is 2.02. The number of anilines is 2. The normalized spacial score (nSPS) is 10.2. The standard InChI is InChI=1S/C13H14ClN3/c1-9-12(6-7-13(14)17-9)16-8-10-4-2-3-5-11(10)15/h2-7,16H,8,15H2,1H3. The number of halogens is 1. The number of nitrogen functional groups attached to an aromatic ring is 1. The van der Waals surface area contributed by atoms with Crippen LogP contribution in [0.25, 0.3) is 0 Å². The van der Waals surface area contributed by atoms with Crippen LogP contribution in [0.4, 0.5) is 11.4 Å². The van der Waals surface area contributed by atoms with Crippen LogP contribution in [0.15, 0.2) is 36.4 Å². The molecule has 17 heavy (non-hydrogen) atoms. The largest absolute Gasteiger partial charge is 0.398 e. The summed E-state index contributed by atoms with van der Waals surface area (Å²) in [4.78, 5) is 4.18. The van der Waals surface area contributed by atoms with Crippen molar-refractivity contribution in [2.24, 2.45) is 0 Å². The highest BCUT2D eigenvalue weighted by Crippen LogP contribution is 2.18. The van der Waals surface area contributed by atoms with E-state index in [1.807, 2.05) is 37.3 Å². The molecule has 0 aliphatic rings. The predicted molar refractivity (Wildman–Crippen MR) is 72.2 cm³/mol. The van der Waals surface area contributed by atoms with Crippen LogP contribution in [0.2, 0.25) is 5.15 Å². The Morgan fingerprint density at radius 2 is 2.00 bits per heavy atom. The van der Waals surface area contributed by atoms with Gasteiger partial charge in [-0.05, 0) is 30.7 Å². The van der Waals surface area contributed by atoms with E-state index in [4.69, 9.17) is 17.3 Å². The van der Waals surface area contributed by atoms with Crippen molar-refractivity contribution in [1.82, 2.24) is 4.98 Å². The number of nitrogens with one attached hydrogen (secondary N) is 1. The fourth-order valence-electron chi connectivity index (χ4n) is 1.60. The number of hydrogen-bond donors (Lipinski definition) is 2. The first-order valence-corrected chi connectivity index (χ1v) is 5.75. The van der Waals surface area contributed by atoms with Gasteiger partial charge in [0.1, 0.15) is 5.15 Å². The van der Waals surface area contributed by atoms with Gasteiger partial charge in [-0.3, -0.25) is 0 Å². The summed E-state index contributed by atoms with van der Waals surface area (Å²) >= 11 is 5.80. The molecule has 0 saturated heterocycles. The van der Waals surface area contributed by atoms with Crippen LogP contribution in [0.1, 0.15) is 11.3 Å². The van der Waals surface area contributed by atoms with Crippen molar-refractivity contribution < 1.29 is 0 Å². The van der Waals surface area contributed by atoms with Crippen molar-refractivity contribution >= 4 is 23.0 Å². The number of hydrogen-bond acceptors (Lipinski definition) is 3. The molecule has 2 rings (SSSR count). The van der Waals surface area contributed by atoms with E-state index in [-0.39, 0.29) is 0 Å². The summed E-state index contributed by atoms with van der Waals surface area (Å²) in [5.41, 5.74) is 9.58. The maximum Gasteiger partial charge on any atom is 0.129 e. The van der Waals surface area contributed by atoms with Gasteiger partial charge in [-0.1, -0.05) is 29.8 Å². The molecule has 4 heteroatoms. The average Bonchev–Trinajstić information content (AvgIpc) is 2.30. The lowest BCUT2D eigenvalue weighted by Crippen LogP contribution is -2.04. The number of rotatable bonds is 3. The van der Waals surface area contributed by atoms with Gasteiger partial charge in [0.15, 0.2) is 0 Å². The van der Waals surface area contributed by atoms with Crippen LogP contribution < -0.4 is 11.1 Å². The Labute approximate surface area is 106 Å². The maximum absolute atomic E-state index is 5.87. The lowest BCUT2D eigenvalue weighted by molar-refractivity contribution is 1.11. The van der Waals surface area contributed by atoms with Crippen LogP contribution in [-0.4, -0.2) is 4.98 Å². The zero-order valence-electron chi connectivity index (χ0n) is 9.57. The van der Waals surface area contributed by atoms with Gasteiger partial charge in [-0.25, -0.2) is 4.98 Å². The van der Waals surface area contributed by atoms with Gasteiger partial charge in [-0.2, -0.15) is 0 Å². The molecule has 1 aromatic carbocycles. The minimum Gasteiger partial charge on any atom is -0.398 e.